The second-order valence-electron chi connectivity index (χ2n) is 7.95. The molecule has 0 amide bonds. The molecular weight excluding hydrogens is 472 g/mol. The maximum Gasteiger partial charge on any atom is 0.320 e. The van der Waals surface area contributed by atoms with Crippen molar-refractivity contribution >= 4 is 29.3 Å². The Bertz CT molecular complexity index is 810. The topological polar surface area (TPSA) is 160 Å². The summed E-state index contributed by atoms with van der Waals surface area (Å²) in [6, 6.07) is 6.28. The molecule has 2 rings (SSSR count). The molecule has 34 heavy (non-hydrogen) atoms. The lowest BCUT2D eigenvalue weighted by Crippen LogP contribution is -2.58. The van der Waals surface area contributed by atoms with Gasteiger partial charge in [0.05, 0.1) is 25.9 Å². The molecule has 6 atom stereocenters. The van der Waals surface area contributed by atoms with Crippen LogP contribution >= 0.6 is 11.6 Å². The first-order valence-electron chi connectivity index (χ1n) is 11.0. The lowest BCUT2D eigenvalue weighted by molar-refractivity contribution is -0.229. The standard InChI is InChI=1S/C23H31ClO10/c1-3-32-22(30)18(23(31)33-4-2)15(12-5-7-13(24)8-6-12)9-14(26)10-16-19(27)21(29)20(28)17(11-25)34-16/h5-8,15-21,25,27-29H,3-4,9-11H2,1-2H3/t15?,16-,17+,19-,20+,21+/m0/s1. The van der Waals surface area contributed by atoms with E-state index in [1.165, 1.54) is 0 Å². The highest BCUT2D eigenvalue weighted by molar-refractivity contribution is 6.30. The summed E-state index contributed by atoms with van der Waals surface area (Å²) in [5.41, 5.74) is 0.470. The van der Waals surface area contributed by atoms with Gasteiger partial charge in [-0.3, -0.25) is 14.4 Å². The number of hydrogen-bond donors (Lipinski definition) is 4. The third-order valence-corrected chi connectivity index (χ3v) is 5.90. The first-order chi connectivity index (χ1) is 16.1. The Morgan fingerprint density at radius 1 is 0.941 bits per heavy atom. The fourth-order valence-electron chi connectivity index (χ4n) is 3.93. The molecule has 0 radical (unpaired) electrons. The summed E-state index contributed by atoms with van der Waals surface area (Å²) in [5.74, 6) is -4.58. The van der Waals surface area contributed by atoms with Gasteiger partial charge in [0.25, 0.3) is 0 Å². The van der Waals surface area contributed by atoms with Gasteiger partial charge in [-0.05, 0) is 31.5 Å². The van der Waals surface area contributed by atoms with Crippen LogP contribution in [0, 0.1) is 5.92 Å². The fourth-order valence-corrected chi connectivity index (χ4v) is 4.05. The van der Waals surface area contributed by atoms with Gasteiger partial charge in [-0.15, -0.1) is 0 Å². The third-order valence-electron chi connectivity index (χ3n) is 5.65. The van der Waals surface area contributed by atoms with Crippen LogP contribution in [0.2, 0.25) is 5.02 Å². The molecule has 0 aromatic heterocycles. The summed E-state index contributed by atoms with van der Waals surface area (Å²) in [7, 11) is 0. The van der Waals surface area contributed by atoms with E-state index in [9.17, 15) is 34.8 Å². The van der Waals surface area contributed by atoms with Crippen molar-refractivity contribution in [2.45, 2.75) is 63.1 Å². The van der Waals surface area contributed by atoms with Crippen LogP contribution < -0.4 is 0 Å². The van der Waals surface area contributed by atoms with Gasteiger partial charge in [0.1, 0.15) is 30.2 Å². The third kappa shape index (κ3) is 6.97. The highest BCUT2D eigenvalue weighted by Crippen LogP contribution is 2.33. The Morgan fingerprint density at radius 2 is 1.47 bits per heavy atom. The number of carbonyl (C=O) groups excluding carboxylic acids is 3. The second kappa shape index (κ2) is 13.1. The molecule has 0 aliphatic carbocycles. The Hall–Kier alpha value is -2.08. The smallest absolute Gasteiger partial charge is 0.320 e. The largest absolute Gasteiger partial charge is 0.465 e. The molecular formula is C23H31ClO10. The molecule has 0 spiro atoms. The van der Waals surface area contributed by atoms with Crippen LogP contribution in [0.1, 0.15) is 38.2 Å². The van der Waals surface area contributed by atoms with Gasteiger partial charge in [0.15, 0.2) is 5.92 Å². The fraction of sp³-hybridized carbons (Fsp3) is 0.609. The quantitative estimate of drug-likeness (QED) is 0.245. The average molecular weight is 503 g/mol. The highest BCUT2D eigenvalue weighted by atomic mass is 35.5. The monoisotopic (exact) mass is 502 g/mol. The first-order valence-corrected chi connectivity index (χ1v) is 11.4. The van der Waals surface area contributed by atoms with E-state index < -0.39 is 73.1 Å². The zero-order valence-corrected chi connectivity index (χ0v) is 19.8. The number of esters is 2. The van der Waals surface area contributed by atoms with Gasteiger partial charge in [-0.25, -0.2) is 0 Å². The first kappa shape index (κ1) is 28.2. The predicted octanol–water partition coefficient (Wildman–Crippen LogP) is 0.358. The number of aliphatic hydroxyl groups excluding tert-OH is 4. The van der Waals surface area contributed by atoms with Crippen molar-refractivity contribution in [2.24, 2.45) is 5.92 Å². The summed E-state index contributed by atoms with van der Waals surface area (Å²) >= 11 is 5.96. The zero-order valence-electron chi connectivity index (χ0n) is 19.0. The number of hydrogen-bond acceptors (Lipinski definition) is 10. The van der Waals surface area contributed by atoms with Gasteiger partial charge in [-0.1, -0.05) is 23.7 Å². The van der Waals surface area contributed by atoms with Crippen LogP contribution in [0.5, 0.6) is 0 Å². The SMILES string of the molecule is CCOC(=O)C(C(=O)OCC)C(CC(=O)C[C@@H]1O[C@H](CO)[C@@H](O)[C@H](O)[C@H]1O)c1ccc(Cl)cc1. The van der Waals surface area contributed by atoms with E-state index in [0.717, 1.165) is 0 Å². The van der Waals surface area contributed by atoms with E-state index in [4.69, 9.17) is 25.8 Å². The summed E-state index contributed by atoms with van der Waals surface area (Å²) in [6.45, 7) is 2.57. The van der Waals surface area contributed by atoms with E-state index in [1.54, 1.807) is 38.1 Å². The number of carbonyl (C=O) groups is 3. The minimum atomic E-state index is -1.62. The number of Topliss-reactive ketones (excluding diaryl/α,β-unsaturated/α-hetero) is 1. The van der Waals surface area contributed by atoms with Crippen LogP contribution in [0.4, 0.5) is 0 Å². The normalized spacial score (nSPS) is 25.6. The highest BCUT2D eigenvalue weighted by Gasteiger charge is 2.45. The maximum absolute atomic E-state index is 13.0. The average Bonchev–Trinajstić information content (AvgIpc) is 2.80. The minimum absolute atomic E-state index is 0.0148. The Kier molecular flexibility index (Phi) is 10.9. The van der Waals surface area contributed by atoms with Crippen molar-refractivity contribution in [2.75, 3.05) is 19.8 Å². The van der Waals surface area contributed by atoms with Gasteiger partial charge >= 0.3 is 11.9 Å². The molecule has 0 saturated carbocycles. The Labute approximate surface area is 202 Å². The predicted molar refractivity (Wildman–Crippen MR) is 119 cm³/mol. The van der Waals surface area contributed by atoms with Crippen molar-refractivity contribution in [1.29, 1.82) is 0 Å². The molecule has 1 aromatic rings. The molecule has 1 saturated heterocycles. The van der Waals surface area contributed by atoms with Crippen LogP contribution in [0.25, 0.3) is 0 Å². The summed E-state index contributed by atoms with van der Waals surface area (Å²) in [4.78, 5) is 38.5. The van der Waals surface area contributed by atoms with Gasteiger partial charge in [-0.2, -0.15) is 0 Å². The molecule has 1 fully saturated rings. The van der Waals surface area contributed by atoms with Gasteiger partial charge < -0.3 is 34.6 Å². The van der Waals surface area contributed by atoms with Crippen molar-refractivity contribution in [3.63, 3.8) is 0 Å². The molecule has 1 aromatic carbocycles. The Balaban J connectivity index is 2.32. The lowest BCUT2D eigenvalue weighted by atomic mass is 9.81. The lowest BCUT2D eigenvalue weighted by Gasteiger charge is -2.40. The molecule has 190 valence electrons. The minimum Gasteiger partial charge on any atom is -0.465 e. The molecule has 0 bridgehead atoms. The summed E-state index contributed by atoms with van der Waals surface area (Å²) < 4.78 is 15.5. The molecule has 4 N–H and O–H groups in total. The van der Waals surface area contributed by atoms with E-state index in [0.29, 0.717) is 10.6 Å². The molecule has 11 heteroatoms. The molecule has 1 aliphatic heterocycles. The van der Waals surface area contributed by atoms with Crippen LogP contribution in [-0.2, 0) is 28.6 Å². The van der Waals surface area contributed by atoms with Crippen LogP contribution in [0.3, 0.4) is 0 Å². The maximum atomic E-state index is 13.0. The molecule has 10 nitrogen and oxygen atoms in total. The Morgan fingerprint density at radius 3 is 1.97 bits per heavy atom. The summed E-state index contributed by atoms with van der Waals surface area (Å²) in [5, 5.41) is 39.9. The summed E-state index contributed by atoms with van der Waals surface area (Å²) in [6.07, 6.45) is -7.84. The van der Waals surface area contributed by atoms with Crippen molar-refractivity contribution < 1.29 is 49.0 Å². The second-order valence-corrected chi connectivity index (χ2v) is 8.39. The molecule has 1 unspecified atom stereocenters. The number of halogens is 1. The van der Waals surface area contributed by atoms with E-state index >= 15 is 0 Å². The van der Waals surface area contributed by atoms with Crippen molar-refractivity contribution in [3.05, 3.63) is 34.9 Å². The molecule has 1 heterocycles. The van der Waals surface area contributed by atoms with Crippen LogP contribution in [0.15, 0.2) is 24.3 Å². The number of rotatable bonds is 11. The van der Waals surface area contributed by atoms with E-state index in [1.807, 2.05) is 0 Å². The number of ketones is 1. The van der Waals surface area contributed by atoms with Gasteiger partial charge in [0, 0.05) is 23.8 Å². The van der Waals surface area contributed by atoms with Crippen LogP contribution in [-0.4, -0.2) is 88.5 Å². The number of ether oxygens (including phenoxy) is 3. The van der Waals surface area contributed by atoms with Crippen molar-refractivity contribution in [1.82, 2.24) is 0 Å². The molecule has 1 aliphatic rings. The van der Waals surface area contributed by atoms with Gasteiger partial charge in [0.2, 0.25) is 0 Å². The number of aliphatic hydroxyl groups is 4. The zero-order chi connectivity index (χ0) is 25.4. The number of benzene rings is 1. The van der Waals surface area contributed by atoms with E-state index in [-0.39, 0.29) is 19.6 Å². The van der Waals surface area contributed by atoms with E-state index in [2.05, 4.69) is 0 Å². The van der Waals surface area contributed by atoms with Crippen molar-refractivity contribution in [3.8, 4) is 0 Å².